The van der Waals surface area contributed by atoms with Crippen molar-refractivity contribution in [2.75, 3.05) is 13.1 Å². The molecule has 7 nitrogen and oxygen atoms in total. The van der Waals surface area contributed by atoms with E-state index in [2.05, 4.69) is 11.0 Å². The van der Waals surface area contributed by atoms with Crippen LogP contribution in [0.1, 0.15) is 35.6 Å². The van der Waals surface area contributed by atoms with Crippen LogP contribution < -0.4 is 10.5 Å². The molecule has 1 aliphatic heterocycles. The van der Waals surface area contributed by atoms with E-state index < -0.39 is 4.92 Å². The van der Waals surface area contributed by atoms with Crippen molar-refractivity contribution < 1.29 is 9.66 Å². The number of nitrogens with zero attached hydrogens (tertiary/aromatic N) is 3. The van der Waals surface area contributed by atoms with E-state index in [-0.39, 0.29) is 35.2 Å². The van der Waals surface area contributed by atoms with Gasteiger partial charge in [-0.2, -0.15) is 5.26 Å². The van der Waals surface area contributed by atoms with E-state index in [0.29, 0.717) is 0 Å². The van der Waals surface area contributed by atoms with Crippen molar-refractivity contribution in [2.24, 2.45) is 5.73 Å². The maximum Gasteiger partial charge on any atom is 0.312 e. The average molecular weight is 378 g/mol. The molecule has 1 fully saturated rings. The van der Waals surface area contributed by atoms with Gasteiger partial charge in [-0.3, -0.25) is 15.0 Å². The fourth-order valence-electron chi connectivity index (χ4n) is 4.31. The van der Waals surface area contributed by atoms with Crippen molar-refractivity contribution in [2.45, 2.75) is 37.5 Å². The Balaban J connectivity index is 1.69. The third-order valence-electron chi connectivity index (χ3n) is 5.64. The van der Waals surface area contributed by atoms with Gasteiger partial charge in [0.1, 0.15) is 6.10 Å². The summed E-state index contributed by atoms with van der Waals surface area (Å²) in [7, 11) is 0. The van der Waals surface area contributed by atoms with Gasteiger partial charge >= 0.3 is 5.69 Å². The first kappa shape index (κ1) is 18.4. The summed E-state index contributed by atoms with van der Waals surface area (Å²) in [6.07, 6.45) is 2.58. The van der Waals surface area contributed by atoms with Gasteiger partial charge in [0.15, 0.2) is 5.75 Å². The van der Waals surface area contributed by atoms with Crippen molar-refractivity contribution in [3.63, 3.8) is 0 Å². The topological polar surface area (TPSA) is 105 Å². The molecule has 2 aromatic rings. The Labute approximate surface area is 163 Å². The van der Waals surface area contributed by atoms with Gasteiger partial charge in [0.05, 0.1) is 22.6 Å². The molecule has 0 aromatic heterocycles. The van der Waals surface area contributed by atoms with Gasteiger partial charge in [-0.1, -0.05) is 24.3 Å². The van der Waals surface area contributed by atoms with Crippen molar-refractivity contribution >= 4 is 5.69 Å². The molecular weight excluding hydrogens is 356 g/mol. The number of rotatable bonds is 4. The predicted octanol–water partition coefficient (Wildman–Crippen LogP) is 2.93. The van der Waals surface area contributed by atoms with Gasteiger partial charge in [0.2, 0.25) is 0 Å². The third-order valence-corrected chi connectivity index (χ3v) is 5.64. The Hall–Kier alpha value is -2.95. The van der Waals surface area contributed by atoms with Crippen LogP contribution in [0.5, 0.6) is 5.75 Å². The lowest BCUT2D eigenvalue weighted by Gasteiger charge is -2.38. The second-order valence-corrected chi connectivity index (χ2v) is 7.46. The number of hydrogen-bond acceptors (Lipinski definition) is 6. The Kier molecular flexibility index (Phi) is 4.99. The largest absolute Gasteiger partial charge is 0.477 e. The molecule has 28 heavy (non-hydrogen) atoms. The van der Waals surface area contributed by atoms with E-state index in [1.807, 2.05) is 24.3 Å². The fourth-order valence-corrected chi connectivity index (χ4v) is 4.31. The average Bonchev–Trinajstić information content (AvgIpc) is 3.07. The van der Waals surface area contributed by atoms with Crippen LogP contribution in [0.2, 0.25) is 0 Å². The molecule has 1 aliphatic carbocycles. The zero-order chi connectivity index (χ0) is 19.7. The molecule has 0 bridgehead atoms. The van der Waals surface area contributed by atoms with Gasteiger partial charge in [0.25, 0.3) is 0 Å². The smallest absolute Gasteiger partial charge is 0.312 e. The van der Waals surface area contributed by atoms with E-state index in [9.17, 15) is 10.1 Å². The summed E-state index contributed by atoms with van der Waals surface area (Å²) in [5.74, 6) is 0.192. The molecule has 2 N–H and O–H groups in total. The number of likely N-dealkylation sites (tertiary alicyclic amines) is 1. The highest BCUT2D eigenvalue weighted by Gasteiger charge is 2.40. The Morgan fingerprint density at radius 2 is 2.11 bits per heavy atom. The van der Waals surface area contributed by atoms with Crippen molar-refractivity contribution in [3.05, 3.63) is 69.3 Å². The number of ether oxygens (including phenoxy) is 1. The summed E-state index contributed by atoms with van der Waals surface area (Å²) in [6.45, 7) is 1.75. The number of nitro groups is 1. The van der Waals surface area contributed by atoms with Crippen LogP contribution in [0.15, 0.2) is 42.5 Å². The molecule has 3 atom stereocenters. The van der Waals surface area contributed by atoms with Crippen LogP contribution >= 0.6 is 0 Å². The van der Waals surface area contributed by atoms with E-state index in [4.69, 9.17) is 15.7 Å². The summed E-state index contributed by atoms with van der Waals surface area (Å²) in [5, 5.41) is 20.6. The van der Waals surface area contributed by atoms with E-state index >= 15 is 0 Å². The van der Waals surface area contributed by atoms with E-state index in [1.165, 1.54) is 17.7 Å². The molecular formula is C21H22N4O3. The summed E-state index contributed by atoms with van der Waals surface area (Å²) in [5.41, 5.74) is 8.51. The highest BCUT2D eigenvalue weighted by Crippen LogP contribution is 2.41. The molecule has 3 unspecified atom stereocenters. The van der Waals surface area contributed by atoms with Crippen LogP contribution in [0, 0.1) is 21.4 Å². The molecule has 0 spiro atoms. The molecule has 1 heterocycles. The molecule has 2 aliphatic rings. The lowest BCUT2D eigenvalue weighted by molar-refractivity contribution is -0.386. The highest BCUT2D eigenvalue weighted by molar-refractivity contribution is 5.52. The first-order valence-corrected chi connectivity index (χ1v) is 9.49. The molecule has 2 aromatic carbocycles. The van der Waals surface area contributed by atoms with Crippen LogP contribution in [-0.2, 0) is 6.42 Å². The Morgan fingerprint density at radius 3 is 2.86 bits per heavy atom. The van der Waals surface area contributed by atoms with Crippen LogP contribution in [0.4, 0.5) is 5.69 Å². The van der Waals surface area contributed by atoms with Crippen molar-refractivity contribution in [3.8, 4) is 11.8 Å². The van der Waals surface area contributed by atoms with Crippen LogP contribution in [0.3, 0.4) is 0 Å². The molecule has 0 amide bonds. The van der Waals surface area contributed by atoms with Gasteiger partial charge in [-0.25, -0.2) is 0 Å². The number of piperidine rings is 1. The fraction of sp³-hybridized carbons (Fsp3) is 0.381. The third kappa shape index (κ3) is 3.44. The summed E-state index contributed by atoms with van der Waals surface area (Å²) in [4.78, 5) is 13.4. The number of benzene rings is 2. The maximum atomic E-state index is 11.5. The van der Waals surface area contributed by atoms with E-state index in [1.54, 1.807) is 6.07 Å². The molecule has 144 valence electrons. The highest BCUT2D eigenvalue weighted by atomic mass is 16.6. The molecule has 1 saturated heterocycles. The van der Waals surface area contributed by atoms with E-state index in [0.717, 1.165) is 37.9 Å². The quantitative estimate of drug-likeness (QED) is 0.648. The second-order valence-electron chi connectivity index (χ2n) is 7.46. The van der Waals surface area contributed by atoms with Crippen LogP contribution in [-0.4, -0.2) is 35.0 Å². The molecule has 7 heteroatoms. The number of nitrogens with two attached hydrogens (primary N) is 1. The SMILES string of the molecule is N#Cc1ccc(OC2c3ccccc3CC2N2CCCC(N)C2)c([N+](=O)[O-])c1. The predicted molar refractivity (Wildman–Crippen MR) is 104 cm³/mol. The normalized spacial score (nSPS) is 24.4. The minimum absolute atomic E-state index is 0.0824. The number of nitro benzene ring substituents is 1. The molecule has 4 rings (SSSR count). The minimum Gasteiger partial charge on any atom is -0.477 e. The lowest BCUT2D eigenvalue weighted by Crippen LogP contribution is -2.49. The standard InChI is InChI=1S/C21H22N4O3/c22-12-14-7-8-20(18(10-14)25(26)27)28-21-17-6-2-1-4-15(17)11-19(21)24-9-3-5-16(23)13-24/h1-2,4,6-8,10,16,19,21H,3,5,9,11,13,23H2. The van der Waals surface area contributed by atoms with Gasteiger partial charge in [0, 0.05) is 18.7 Å². The summed E-state index contributed by atoms with van der Waals surface area (Å²) >= 11 is 0. The molecule has 0 saturated carbocycles. The monoisotopic (exact) mass is 378 g/mol. The number of nitriles is 1. The van der Waals surface area contributed by atoms with Crippen molar-refractivity contribution in [1.29, 1.82) is 5.26 Å². The second kappa shape index (κ2) is 7.58. The number of fused-ring (bicyclic) bond motifs is 1. The van der Waals surface area contributed by atoms with Gasteiger partial charge in [-0.15, -0.1) is 0 Å². The van der Waals surface area contributed by atoms with Crippen LogP contribution in [0.25, 0.3) is 0 Å². The lowest BCUT2D eigenvalue weighted by atomic mass is 10.0. The first-order valence-electron chi connectivity index (χ1n) is 9.49. The zero-order valence-electron chi connectivity index (χ0n) is 15.5. The maximum absolute atomic E-state index is 11.5. The van der Waals surface area contributed by atoms with Gasteiger partial charge < -0.3 is 10.5 Å². The van der Waals surface area contributed by atoms with Gasteiger partial charge in [-0.05, 0) is 49.1 Å². The number of hydrogen-bond donors (Lipinski definition) is 1. The minimum atomic E-state index is -0.497. The molecule has 0 radical (unpaired) electrons. The van der Waals surface area contributed by atoms with Crippen molar-refractivity contribution in [1.82, 2.24) is 4.90 Å². The summed E-state index contributed by atoms with van der Waals surface area (Å²) in [6, 6.07) is 14.6. The first-order chi connectivity index (χ1) is 13.6. The summed E-state index contributed by atoms with van der Waals surface area (Å²) < 4.78 is 6.26. The Morgan fingerprint density at radius 1 is 1.29 bits per heavy atom. The Bertz CT molecular complexity index is 939. The zero-order valence-corrected chi connectivity index (χ0v) is 15.5.